The van der Waals surface area contributed by atoms with E-state index < -0.39 is 6.04 Å². The highest BCUT2D eigenvalue weighted by atomic mass is 16.5. The summed E-state index contributed by atoms with van der Waals surface area (Å²) in [5.74, 6) is 0.772. The van der Waals surface area contributed by atoms with Crippen LogP contribution in [0.2, 0.25) is 0 Å². The van der Waals surface area contributed by atoms with Crippen molar-refractivity contribution in [1.82, 2.24) is 5.32 Å². The Bertz CT molecular complexity index is 655. The summed E-state index contributed by atoms with van der Waals surface area (Å²) in [6.07, 6.45) is 3.34. The number of dihydropyridines is 1. The molecule has 2 aliphatic carbocycles. The molecule has 5 nitrogen and oxygen atoms in total. The van der Waals surface area contributed by atoms with Gasteiger partial charge in [-0.2, -0.15) is 0 Å². The number of methoxy groups -OCH3 is 1. The molecule has 0 aromatic rings. The van der Waals surface area contributed by atoms with Gasteiger partial charge in [-0.3, -0.25) is 4.79 Å². The molecule has 1 saturated carbocycles. The molecule has 1 fully saturated rings. The standard InChI is InChI=1S/C19H25NO4.C2H6/c1-5-24-19(22)17-15(12-6-7-12)16-13(8-10(2)9-14(16)21)20-18(17)11(3)23-4;1-2/h10,12,18,20H,3,5-9H2,1-2,4H3;1-2H3. The molecule has 0 radical (unpaired) electrons. The predicted octanol–water partition coefficient (Wildman–Crippen LogP) is 3.67. The molecule has 0 bridgehead atoms. The van der Waals surface area contributed by atoms with Crippen molar-refractivity contribution in [3.8, 4) is 0 Å². The molecule has 0 spiro atoms. The SMILES string of the molecule is C=C(OC)C1NC2=C(C(=O)CC(C)C2)C(C2CC2)=C1C(=O)OCC.CC. The molecule has 0 aromatic carbocycles. The highest BCUT2D eigenvalue weighted by molar-refractivity contribution is 6.05. The third-order valence-electron chi connectivity index (χ3n) is 4.90. The maximum Gasteiger partial charge on any atom is 0.336 e. The van der Waals surface area contributed by atoms with Crippen molar-refractivity contribution in [2.75, 3.05) is 13.7 Å². The maximum atomic E-state index is 12.7. The largest absolute Gasteiger partial charge is 0.499 e. The van der Waals surface area contributed by atoms with Gasteiger partial charge >= 0.3 is 5.97 Å². The Balaban J connectivity index is 0.00000117. The first-order chi connectivity index (χ1) is 12.5. The van der Waals surface area contributed by atoms with E-state index in [2.05, 4.69) is 18.8 Å². The van der Waals surface area contributed by atoms with Crippen LogP contribution in [0.5, 0.6) is 0 Å². The number of carbonyl (C=O) groups is 2. The quantitative estimate of drug-likeness (QED) is 0.598. The van der Waals surface area contributed by atoms with E-state index in [-0.39, 0.29) is 17.7 Å². The van der Waals surface area contributed by atoms with Crippen LogP contribution in [0.15, 0.2) is 34.8 Å². The van der Waals surface area contributed by atoms with Crippen LogP contribution in [-0.2, 0) is 19.1 Å². The Kier molecular flexibility index (Phi) is 6.68. The molecule has 26 heavy (non-hydrogen) atoms. The Labute approximate surface area is 156 Å². The molecule has 0 saturated heterocycles. The van der Waals surface area contributed by atoms with Gasteiger partial charge in [-0.25, -0.2) is 4.79 Å². The second kappa shape index (κ2) is 8.56. The lowest BCUT2D eigenvalue weighted by atomic mass is 9.77. The zero-order chi connectivity index (χ0) is 19.4. The number of nitrogens with one attached hydrogen (secondary N) is 1. The van der Waals surface area contributed by atoms with E-state index in [0.717, 1.165) is 36.1 Å². The van der Waals surface area contributed by atoms with Gasteiger partial charge in [-0.1, -0.05) is 27.4 Å². The van der Waals surface area contributed by atoms with Crippen LogP contribution in [0, 0.1) is 11.8 Å². The minimum atomic E-state index is -0.457. The van der Waals surface area contributed by atoms with E-state index in [4.69, 9.17) is 9.47 Å². The van der Waals surface area contributed by atoms with Crippen molar-refractivity contribution in [3.63, 3.8) is 0 Å². The predicted molar refractivity (Wildman–Crippen MR) is 101 cm³/mol. The molecule has 3 aliphatic rings. The van der Waals surface area contributed by atoms with Crippen molar-refractivity contribution in [1.29, 1.82) is 0 Å². The van der Waals surface area contributed by atoms with E-state index in [1.54, 1.807) is 14.0 Å². The van der Waals surface area contributed by atoms with Crippen molar-refractivity contribution < 1.29 is 19.1 Å². The van der Waals surface area contributed by atoms with Crippen molar-refractivity contribution >= 4 is 11.8 Å². The molecular weight excluding hydrogens is 330 g/mol. The third-order valence-corrected chi connectivity index (χ3v) is 4.90. The van der Waals surface area contributed by atoms with Crippen LogP contribution in [0.25, 0.3) is 0 Å². The van der Waals surface area contributed by atoms with Crippen LogP contribution < -0.4 is 5.32 Å². The first-order valence-corrected chi connectivity index (χ1v) is 9.65. The number of ether oxygens (including phenoxy) is 2. The fraction of sp³-hybridized carbons (Fsp3) is 0.619. The number of hydrogen-bond donors (Lipinski definition) is 1. The fourth-order valence-electron chi connectivity index (χ4n) is 3.68. The zero-order valence-electron chi connectivity index (χ0n) is 16.6. The molecule has 0 amide bonds. The van der Waals surface area contributed by atoms with Crippen LogP contribution >= 0.6 is 0 Å². The van der Waals surface area contributed by atoms with Crippen LogP contribution in [0.1, 0.15) is 53.4 Å². The Hall–Kier alpha value is -2.04. The first-order valence-electron chi connectivity index (χ1n) is 9.65. The Morgan fingerprint density at radius 3 is 2.46 bits per heavy atom. The smallest absolute Gasteiger partial charge is 0.336 e. The van der Waals surface area contributed by atoms with Crippen molar-refractivity contribution in [2.24, 2.45) is 11.8 Å². The normalized spacial score (nSPS) is 24.9. The van der Waals surface area contributed by atoms with Gasteiger partial charge in [-0.15, -0.1) is 0 Å². The number of esters is 1. The van der Waals surface area contributed by atoms with Gasteiger partial charge in [-0.05, 0) is 43.6 Å². The summed E-state index contributed by atoms with van der Waals surface area (Å²) in [6, 6.07) is -0.457. The maximum absolute atomic E-state index is 12.7. The molecule has 144 valence electrons. The molecule has 2 atom stereocenters. The summed E-state index contributed by atoms with van der Waals surface area (Å²) in [7, 11) is 1.54. The number of rotatable bonds is 5. The van der Waals surface area contributed by atoms with Gasteiger partial charge in [0.15, 0.2) is 5.78 Å². The van der Waals surface area contributed by atoms with Gasteiger partial charge in [0.2, 0.25) is 0 Å². The molecule has 1 aliphatic heterocycles. The van der Waals surface area contributed by atoms with E-state index in [0.29, 0.717) is 30.3 Å². The Morgan fingerprint density at radius 1 is 1.27 bits per heavy atom. The third kappa shape index (κ3) is 3.87. The summed E-state index contributed by atoms with van der Waals surface area (Å²) in [5, 5.41) is 3.34. The van der Waals surface area contributed by atoms with Crippen LogP contribution in [-0.4, -0.2) is 31.5 Å². The molecular formula is C21H31NO4. The first kappa shape index (κ1) is 20.3. The number of Topliss-reactive ketones (excluding diaryl/α,β-unsaturated/α-hetero) is 1. The summed E-state index contributed by atoms with van der Waals surface area (Å²) in [4.78, 5) is 25.4. The van der Waals surface area contributed by atoms with Crippen molar-refractivity contribution in [3.05, 3.63) is 34.8 Å². The number of carbonyl (C=O) groups excluding carboxylic acids is 2. The van der Waals surface area contributed by atoms with Crippen molar-refractivity contribution in [2.45, 2.75) is 59.4 Å². The fourth-order valence-corrected chi connectivity index (χ4v) is 3.68. The average Bonchev–Trinajstić information content (AvgIpc) is 3.46. The van der Waals surface area contributed by atoms with E-state index in [1.165, 1.54) is 0 Å². The summed E-state index contributed by atoms with van der Waals surface area (Å²) >= 11 is 0. The number of ketones is 1. The molecule has 0 aromatic heterocycles. The number of allylic oxidation sites excluding steroid dienone is 3. The minimum absolute atomic E-state index is 0.126. The minimum Gasteiger partial charge on any atom is -0.499 e. The van der Waals surface area contributed by atoms with E-state index >= 15 is 0 Å². The lowest BCUT2D eigenvalue weighted by Crippen LogP contribution is -2.44. The zero-order valence-corrected chi connectivity index (χ0v) is 16.6. The molecule has 5 heteroatoms. The van der Waals surface area contributed by atoms with E-state index in [1.807, 2.05) is 13.8 Å². The van der Waals surface area contributed by atoms with Crippen LogP contribution in [0.4, 0.5) is 0 Å². The lowest BCUT2D eigenvalue weighted by molar-refractivity contribution is -0.139. The topological polar surface area (TPSA) is 64.6 Å². The van der Waals surface area contributed by atoms with Gasteiger partial charge in [0.25, 0.3) is 0 Å². The second-order valence-electron chi connectivity index (χ2n) is 6.86. The highest BCUT2D eigenvalue weighted by Gasteiger charge is 2.44. The Morgan fingerprint density at radius 2 is 1.92 bits per heavy atom. The molecule has 2 unspecified atom stereocenters. The van der Waals surface area contributed by atoms with E-state index in [9.17, 15) is 9.59 Å². The highest BCUT2D eigenvalue weighted by Crippen LogP contribution is 2.48. The monoisotopic (exact) mass is 361 g/mol. The molecule has 1 heterocycles. The number of hydrogen-bond acceptors (Lipinski definition) is 5. The molecule has 3 rings (SSSR count). The van der Waals surface area contributed by atoms with Gasteiger partial charge in [0, 0.05) is 17.7 Å². The summed E-state index contributed by atoms with van der Waals surface area (Å²) in [5.41, 5.74) is 3.03. The summed E-state index contributed by atoms with van der Waals surface area (Å²) < 4.78 is 10.6. The second-order valence-corrected chi connectivity index (χ2v) is 6.86. The lowest BCUT2D eigenvalue weighted by Gasteiger charge is -2.36. The summed E-state index contributed by atoms with van der Waals surface area (Å²) in [6.45, 7) is 12.1. The molecule has 1 N–H and O–H groups in total. The van der Waals surface area contributed by atoms with Gasteiger partial charge in [0.05, 0.1) is 19.3 Å². The van der Waals surface area contributed by atoms with Gasteiger partial charge < -0.3 is 14.8 Å². The average molecular weight is 361 g/mol. The van der Waals surface area contributed by atoms with Gasteiger partial charge in [0.1, 0.15) is 11.8 Å². The van der Waals surface area contributed by atoms with Crippen LogP contribution in [0.3, 0.4) is 0 Å².